The second-order valence-electron chi connectivity index (χ2n) is 6.41. The van der Waals surface area contributed by atoms with Crippen molar-refractivity contribution in [2.45, 2.75) is 33.1 Å². The van der Waals surface area contributed by atoms with E-state index in [1.165, 1.54) is 13.3 Å². The molecule has 1 fully saturated rings. The second kappa shape index (κ2) is 8.34. The van der Waals surface area contributed by atoms with Gasteiger partial charge in [0.05, 0.1) is 6.54 Å². The smallest absolute Gasteiger partial charge is 0.242 e. The first-order valence-electron chi connectivity index (χ1n) is 8.23. The molecular formula is C18H25ClN2O2. The molecule has 4 nitrogen and oxygen atoms in total. The third kappa shape index (κ3) is 5.54. The van der Waals surface area contributed by atoms with Crippen molar-refractivity contribution in [3.05, 3.63) is 34.9 Å². The molecule has 5 heteroatoms. The summed E-state index contributed by atoms with van der Waals surface area (Å²) in [5, 5.41) is 0.690. The van der Waals surface area contributed by atoms with Gasteiger partial charge in [-0.3, -0.25) is 9.59 Å². The van der Waals surface area contributed by atoms with Gasteiger partial charge in [-0.15, -0.1) is 0 Å². The maximum absolute atomic E-state index is 12.4. The first kappa shape index (κ1) is 17.8. The van der Waals surface area contributed by atoms with Gasteiger partial charge in [0.2, 0.25) is 11.8 Å². The summed E-state index contributed by atoms with van der Waals surface area (Å²) in [6.07, 6.45) is 2.92. The molecule has 1 aromatic carbocycles. The van der Waals surface area contributed by atoms with E-state index in [0.29, 0.717) is 23.9 Å². The van der Waals surface area contributed by atoms with E-state index in [2.05, 4.69) is 6.92 Å². The average molecular weight is 337 g/mol. The molecule has 1 atom stereocenters. The quantitative estimate of drug-likeness (QED) is 0.829. The molecule has 0 saturated carbocycles. The third-order valence-corrected chi connectivity index (χ3v) is 4.58. The van der Waals surface area contributed by atoms with Gasteiger partial charge in [-0.1, -0.05) is 30.7 Å². The van der Waals surface area contributed by atoms with Crippen molar-refractivity contribution in [3.63, 3.8) is 0 Å². The summed E-state index contributed by atoms with van der Waals surface area (Å²) in [5.41, 5.74) is 1.07. The van der Waals surface area contributed by atoms with Crippen LogP contribution in [-0.4, -0.2) is 47.8 Å². The van der Waals surface area contributed by atoms with E-state index >= 15 is 0 Å². The molecule has 0 radical (unpaired) electrons. The molecule has 1 aliphatic heterocycles. The zero-order valence-electron chi connectivity index (χ0n) is 13.9. The van der Waals surface area contributed by atoms with E-state index in [0.717, 1.165) is 25.1 Å². The highest BCUT2D eigenvalue weighted by molar-refractivity contribution is 6.30. The number of hydrogen-bond donors (Lipinski definition) is 0. The summed E-state index contributed by atoms with van der Waals surface area (Å²) < 4.78 is 0. The molecular weight excluding hydrogens is 312 g/mol. The minimum Gasteiger partial charge on any atom is -0.341 e. The van der Waals surface area contributed by atoms with Crippen molar-refractivity contribution in [3.8, 4) is 0 Å². The lowest BCUT2D eigenvalue weighted by molar-refractivity contribution is -0.140. The SMILES string of the molecule is CC(=O)N(CCc1cccc(Cl)c1)CC(=O)N1CCCC(C)C1. The Morgan fingerprint density at radius 2 is 2.17 bits per heavy atom. The molecule has 2 rings (SSSR count). The Kier molecular flexibility index (Phi) is 6.46. The number of rotatable bonds is 5. The molecule has 0 spiro atoms. The molecule has 1 aliphatic rings. The fourth-order valence-corrected chi connectivity index (χ4v) is 3.20. The molecule has 0 N–H and O–H groups in total. The van der Waals surface area contributed by atoms with Crippen LogP contribution in [0, 0.1) is 5.92 Å². The number of benzene rings is 1. The van der Waals surface area contributed by atoms with Crippen molar-refractivity contribution in [1.82, 2.24) is 9.80 Å². The van der Waals surface area contributed by atoms with E-state index in [4.69, 9.17) is 11.6 Å². The zero-order chi connectivity index (χ0) is 16.8. The molecule has 1 unspecified atom stereocenters. The van der Waals surface area contributed by atoms with Crippen LogP contribution in [0.2, 0.25) is 5.02 Å². The highest BCUT2D eigenvalue weighted by Gasteiger charge is 2.23. The molecule has 1 aromatic rings. The first-order chi connectivity index (χ1) is 11.0. The van der Waals surface area contributed by atoms with Crippen LogP contribution in [-0.2, 0) is 16.0 Å². The summed E-state index contributed by atoms with van der Waals surface area (Å²) in [5.74, 6) is 0.535. The lowest BCUT2D eigenvalue weighted by Crippen LogP contribution is -2.46. The molecule has 23 heavy (non-hydrogen) atoms. The Bertz CT molecular complexity index is 562. The lowest BCUT2D eigenvalue weighted by Gasteiger charge is -2.32. The molecule has 126 valence electrons. The highest BCUT2D eigenvalue weighted by Crippen LogP contribution is 2.16. The summed E-state index contributed by atoms with van der Waals surface area (Å²) in [6, 6.07) is 7.61. The van der Waals surface area contributed by atoms with E-state index in [-0.39, 0.29) is 18.4 Å². The van der Waals surface area contributed by atoms with Gasteiger partial charge in [-0.25, -0.2) is 0 Å². The van der Waals surface area contributed by atoms with Crippen LogP contribution in [0.5, 0.6) is 0 Å². The van der Waals surface area contributed by atoms with E-state index in [1.54, 1.807) is 4.90 Å². The Hall–Kier alpha value is -1.55. The van der Waals surface area contributed by atoms with Gasteiger partial charge in [-0.2, -0.15) is 0 Å². The number of likely N-dealkylation sites (tertiary alicyclic amines) is 1. The maximum atomic E-state index is 12.4. The van der Waals surface area contributed by atoms with Crippen LogP contribution < -0.4 is 0 Å². The number of piperidine rings is 1. The zero-order valence-corrected chi connectivity index (χ0v) is 14.7. The third-order valence-electron chi connectivity index (χ3n) is 4.34. The van der Waals surface area contributed by atoms with Crippen LogP contribution >= 0.6 is 11.6 Å². The minimum absolute atomic E-state index is 0.0536. The van der Waals surface area contributed by atoms with Gasteiger partial charge in [-0.05, 0) is 42.9 Å². The van der Waals surface area contributed by atoms with Crippen molar-refractivity contribution in [1.29, 1.82) is 0 Å². The summed E-state index contributed by atoms with van der Waals surface area (Å²) in [4.78, 5) is 27.8. The van der Waals surface area contributed by atoms with Crippen LogP contribution in [0.3, 0.4) is 0 Å². The predicted molar refractivity (Wildman–Crippen MR) is 92.4 cm³/mol. The standard InChI is InChI=1S/C18H25ClN2O2/c1-14-5-4-9-21(12-14)18(23)13-20(15(2)22)10-8-16-6-3-7-17(19)11-16/h3,6-7,11,14H,4-5,8-10,12-13H2,1-2H3. The topological polar surface area (TPSA) is 40.6 Å². The molecule has 0 aliphatic carbocycles. The Morgan fingerprint density at radius 1 is 1.39 bits per heavy atom. The monoisotopic (exact) mass is 336 g/mol. The number of carbonyl (C=O) groups is 2. The number of halogens is 1. The van der Waals surface area contributed by atoms with Gasteiger partial charge in [0.25, 0.3) is 0 Å². The molecule has 2 amide bonds. The normalized spacial score (nSPS) is 17.9. The van der Waals surface area contributed by atoms with Crippen LogP contribution in [0.15, 0.2) is 24.3 Å². The largest absolute Gasteiger partial charge is 0.341 e. The van der Waals surface area contributed by atoms with Crippen LogP contribution in [0.25, 0.3) is 0 Å². The first-order valence-corrected chi connectivity index (χ1v) is 8.61. The van der Waals surface area contributed by atoms with Crippen molar-refractivity contribution >= 4 is 23.4 Å². The fourth-order valence-electron chi connectivity index (χ4n) is 2.98. The van der Waals surface area contributed by atoms with Crippen molar-refractivity contribution < 1.29 is 9.59 Å². The Labute approximate surface area is 143 Å². The molecule has 1 heterocycles. The summed E-state index contributed by atoms with van der Waals surface area (Å²) in [7, 11) is 0. The average Bonchev–Trinajstić information content (AvgIpc) is 2.51. The van der Waals surface area contributed by atoms with Gasteiger partial charge in [0.1, 0.15) is 0 Å². The van der Waals surface area contributed by atoms with Gasteiger partial charge in [0, 0.05) is 31.6 Å². The Balaban J connectivity index is 1.90. The molecule has 0 bridgehead atoms. The number of nitrogens with zero attached hydrogens (tertiary/aromatic N) is 2. The number of carbonyl (C=O) groups excluding carboxylic acids is 2. The predicted octanol–water partition coefficient (Wildman–Crippen LogP) is 2.99. The number of hydrogen-bond acceptors (Lipinski definition) is 2. The Morgan fingerprint density at radius 3 is 2.83 bits per heavy atom. The minimum atomic E-state index is -0.0644. The molecule has 1 saturated heterocycles. The lowest BCUT2D eigenvalue weighted by atomic mass is 10.0. The fraction of sp³-hybridized carbons (Fsp3) is 0.556. The summed E-state index contributed by atoms with van der Waals surface area (Å²) in [6.45, 7) is 6.00. The second-order valence-corrected chi connectivity index (χ2v) is 6.84. The van der Waals surface area contributed by atoms with E-state index in [1.807, 2.05) is 29.2 Å². The van der Waals surface area contributed by atoms with Gasteiger partial charge in [0.15, 0.2) is 0 Å². The van der Waals surface area contributed by atoms with Gasteiger partial charge < -0.3 is 9.80 Å². The van der Waals surface area contributed by atoms with Crippen molar-refractivity contribution in [2.75, 3.05) is 26.2 Å². The van der Waals surface area contributed by atoms with E-state index in [9.17, 15) is 9.59 Å². The number of amides is 2. The van der Waals surface area contributed by atoms with Crippen molar-refractivity contribution in [2.24, 2.45) is 5.92 Å². The van der Waals surface area contributed by atoms with E-state index < -0.39 is 0 Å². The molecule has 0 aromatic heterocycles. The highest BCUT2D eigenvalue weighted by atomic mass is 35.5. The van der Waals surface area contributed by atoms with Gasteiger partial charge >= 0.3 is 0 Å². The van der Waals surface area contributed by atoms with Crippen LogP contribution in [0.1, 0.15) is 32.3 Å². The maximum Gasteiger partial charge on any atom is 0.242 e. The van der Waals surface area contributed by atoms with Crippen LogP contribution in [0.4, 0.5) is 0 Å². The summed E-state index contributed by atoms with van der Waals surface area (Å²) >= 11 is 5.98.